The highest BCUT2D eigenvalue weighted by Gasteiger charge is 2.37. The molecule has 0 aliphatic carbocycles. The van der Waals surface area contributed by atoms with E-state index in [1.54, 1.807) is 36.4 Å². The van der Waals surface area contributed by atoms with Gasteiger partial charge in [0.15, 0.2) is 28.8 Å². The van der Waals surface area contributed by atoms with Gasteiger partial charge in [-0.15, -0.1) is 0 Å². The molecule has 0 aliphatic heterocycles. The van der Waals surface area contributed by atoms with E-state index in [1.165, 1.54) is 55.5 Å². The number of ether oxygens (including phenoxy) is 2. The fraction of sp³-hybridized carbons (Fsp3) is 0.216. The lowest BCUT2D eigenvalue weighted by atomic mass is 9.88. The summed E-state index contributed by atoms with van der Waals surface area (Å²) in [5.74, 6) is -7.20. The predicted molar refractivity (Wildman–Crippen MR) is 170 cm³/mol. The molecular weight excluding hydrogens is 588 g/mol. The smallest absolute Gasteiger partial charge is 0.343 e. The third-order valence-corrected chi connectivity index (χ3v) is 7.34. The van der Waals surface area contributed by atoms with E-state index in [-0.39, 0.29) is 29.1 Å². The summed E-state index contributed by atoms with van der Waals surface area (Å²) in [6.45, 7) is 3.37. The molecule has 0 bridgehead atoms. The molecule has 4 aromatic rings. The van der Waals surface area contributed by atoms with Crippen molar-refractivity contribution in [1.29, 1.82) is 0 Å². The fourth-order valence-electron chi connectivity index (χ4n) is 4.85. The second kappa shape index (κ2) is 15.4. The zero-order chi connectivity index (χ0) is 33.2. The van der Waals surface area contributed by atoms with Crippen LogP contribution in [-0.2, 0) is 4.74 Å². The highest BCUT2D eigenvalue weighted by atomic mass is 16.5. The summed E-state index contributed by atoms with van der Waals surface area (Å²) in [6, 6.07) is 20.8. The van der Waals surface area contributed by atoms with Crippen LogP contribution in [0, 0.1) is 0 Å². The first-order valence-electron chi connectivity index (χ1n) is 15.0. The number of carbonyl (C=O) groups is 5. The SMILES string of the molecule is CCCCCCCOC(=O)c1c(C(=O)c2ccccc2)c(O)c(O)c(OC(=O)c2ccccc2)c1C(=O)c1ccc(C(C)=O)cc1. The van der Waals surface area contributed by atoms with Crippen molar-refractivity contribution >= 4 is 29.3 Å². The number of aromatic hydroxyl groups is 2. The van der Waals surface area contributed by atoms with Gasteiger partial charge in [0.1, 0.15) is 0 Å². The maximum Gasteiger partial charge on any atom is 0.343 e. The van der Waals surface area contributed by atoms with E-state index >= 15 is 0 Å². The van der Waals surface area contributed by atoms with E-state index in [0.29, 0.717) is 12.0 Å². The van der Waals surface area contributed by atoms with Crippen molar-refractivity contribution in [1.82, 2.24) is 0 Å². The van der Waals surface area contributed by atoms with Crippen LogP contribution in [0.1, 0.15) is 109 Å². The summed E-state index contributed by atoms with van der Waals surface area (Å²) in [4.78, 5) is 67.0. The number of phenolic OH excluding ortho intramolecular Hbond substituents is 2. The number of Topliss-reactive ketones (excluding diaryl/α,β-unsaturated/α-hetero) is 1. The van der Waals surface area contributed by atoms with Gasteiger partial charge in [0.2, 0.25) is 5.75 Å². The molecule has 4 aromatic carbocycles. The van der Waals surface area contributed by atoms with Crippen molar-refractivity contribution in [3.05, 3.63) is 124 Å². The molecule has 46 heavy (non-hydrogen) atoms. The highest BCUT2D eigenvalue weighted by molar-refractivity contribution is 6.24. The molecule has 0 amide bonds. The number of hydrogen-bond donors (Lipinski definition) is 2. The van der Waals surface area contributed by atoms with Gasteiger partial charge in [-0.25, -0.2) is 9.59 Å². The number of carbonyl (C=O) groups excluding carboxylic acids is 5. The molecule has 0 unspecified atom stereocenters. The monoisotopic (exact) mass is 622 g/mol. The maximum absolute atomic E-state index is 14.2. The van der Waals surface area contributed by atoms with E-state index in [1.807, 2.05) is 0 Å². The zero-order valence-electron chi connectivity index (χ0n) is 25.6. The van der Waals surface area contributed by atoms with Crippen LogP contribution < -0.4 is 4.74 Å². The average molecular weight is 623 g/mol. The standard InChI is InChI=1S/C37H34O9/c1-3-4-5-6-13-22-45-37(44)28-29(31(39)25-14-9-7-10-15-25)33(41)34(42)35(46-36(43)27-16-11-8-12-17-27)30(28)32(40)26-20-18-24(19-21-26)23(2)38/h7-12,14-21,41-42H,3-6,13,22H2,1-2H3. The van der Waals surface area contributed by atoms with Gasteiger partial charge in [0, 0.05) is 16.7 Å². The molecule has 0 aliphatic rings. The fourth-order valence-corrected chi connectivity index (χ4v) is 4.85. The van der Waals surface area contributed by atoms with Gasteiger partial charge >= 0.3 is 11.9 Å². The number of esters is 2. The minimum Gasteiger partial charge on any atom is -0.504 e. The summed E-state index contributed by atoms with van der Waals surface area (Å²) in [7, 11) is 0. The van der Waals surface area contributed by atoms with E-state index < -0.39 is 57.4 Å². The molecule has 4 rings (SSSR count). The van der Waals surface area contributed by atoms with Crippen LogP contribution in [0.5, 0.6) is 17.2 Å². The van der Waals surface area contributed by atoms with Crippen LogP contribution in [0.4, 0.5) is 0 Å². The van der Waals surface area contributed by atoms with Crippen molar-refractivity contribution < 1.29 is 43.7 Å². The molecule has 2 N–H and O–H groups in total. The topological polar surface area (TPSA) is 144 Å². The Morgan fingerprint density at radius 1 is 0.565 bits per heavy atom. The largest absolute Gasteiger partial charge is 0.504 e. The Kier molecular flexibility index (Phi) is 11.2. The quantitative estimate of drug-likeness (QED) is 0.0494. The summed E-state index contributed by atoms with van der Waals surface area (Å²) >= 11 is 0. The molecule has 0 saturated heterocycles. The number of phenols is 2. The lowest BCUT2D eigenvalue weighted by Gasteiger charge is -2.20. The lowest BCUT2D eigenvalue weighted by Crippen LogP contribution is -2.22. The lowest BCUT2D eigenvalue weighted by molar-refractivity contribution is 0.0489. The predicted octanol–water partition coefficient (Wildman–Crippen LogP) is 7.11. The Hall–Kier alpha value is -5.57. The first-order valence-corrected chi connectivity index (χ1v) is 15.0. The molecular formula is C37H34O9. The first kappa shape index (κ1) is 33.3. The Labute approximate surface area is 266 Å². The van der Waals surface area contributed by atoms with Crippen molar-refractivity contribution in [3.8, 4) is 17.2 Å². The van der Waals surface area contributed by atoms with E-state index in [4.69, 9.17) is 9.47 Å². The highest BCUT2D eigenvalue weighted by Crippen LogP contribution is 2.46. The summed E-state index contributed by atoms with van der Waals surface area (Å²) < 4.78 is 11.0. The van der Waals surface area contributed by atoms with Crippen LogP contribution >= 0.6 is 0 Å². The van der Waals surface area contributed by atoms with Crippen molar-refractivity contribution in [2.75, 3.05) is 6.61 Å². The van der Waals surface area contributed by atoms with Gasteiger partial charge in [-0.1, -0.05) is 105 Å². The third-order valence-electron chi connectivity index (χ3n) is 7.34. The average Bonchev–Trinajstić information content (AvgIpc) is 3.08. The van der Waals surface area contributed by atoms with Gasteiger partial charge < -0.3 is 19.7 Å². The molecule has 0 spiro atoms. The minimum absolute atomic E-state index is 0.0454. The van der Waals surface area contributed by atoms with Gasteiger partial charge in [-0.05, 0) is 25.5 Å². The number of ketones is 3. The summed E-state index contributed by atoms with van der Waals surface area (Å²) in [6.07, 6.45) is 4.22. The second-order valence-electron chi connectivity index (χ2n) is 10.6. The van der Waals surface area contributed by atoms with Crippen LogP contribution in [0.3, 0.4) is 0 Å². The Bertz CT molecular complexity index is 1740. The third kappa shape index (κ3) is 7.55. The molecule has 0 saturated carbocycles. The van der Waals surface area contributed by atoms with Gasteiger partial charge in [-0.3, -0.25) is 14.4 Å². The minimum atomic E-state index is -1.13. The molecule has 0 fully saturated rings. The molecule has 0 radical (unpaired) electrons. The number of benzene rings is 4. The summed E-state index contributed by atoms with van der Waals surface area (Å²) in [5.41, 5.74) is -1.68. The van der Waals surface area contributed by atoms with E-state index in [0.717, 1.165) is 25.7 Å². The van der Waals surface area contributed by atoms with Crippen LogP contribution in [0.15, 0.2) is 84.9 Å². The number of rotatable bonds is 14. The molecule has 236 valence electrons. The molecule has 0 atom stereocenters. The molecule has 0 heterocycles. The second-order valence-corrected chi connectivity index (χ2v) is 10.6. The Morgan fingerprint density at radius 3 is 1.67 bits per heavy atom. The summed E-state index contributed by atoms with van der Waals surface area (Å²) in [5, 5.41) is 22.5. The van der Waals surface area contributed by atoms with Gasteiger partial charge in [0.05, 0.1) is 28.9 Å². The molecule has 9 nitrogen and oxygen atoms in total. The van der Waals surface area contributed by atoms with E-state index in [2.05, 4.69) is 6.92 Å². The number of hydrogen-bond acceptors (Lipinski definition) is 9. The van der Waals surface area contributed by atoms with E-state index in [9.17, 15) is 34.2 Å². The van der Waals surface area contributed by atoms with Crippen molar-refractivity contribution in [2.45, 2.75) is 46.0 Å². The number of unbranched alkanes of at least 4 members (excludes halogenated alkanes) is 4. The van der Waals surface area contributed by atoms with Crippen LogP contribution in [0.2, 0.25) is 0 Å². The van der Waals surface area contributed by atoms with Crippen LogP contribution in [0.25, 0.3) is 0 Å². The van der Waals surface area contributed by atoms with Gasteiger partial charge in [-0.2, -0.15) is 0 Å². The first-order chi connectivity index (χ1) is 22.1. The van der Waals surface area contributed by atoms with Crippen molar-refractivity contribution in [3.63, 3.8) is 0 Å². The Balaban J connectivity index is 1.95. The van der Waals surface area contributed by atoms with Crippen molar-refractivity contribution in [2.24, 2.45) is 0 Å². The maximum atomic E-state index is 14.2. The molecule has 9 heteroatoms. The van der Waals surface area contributed by atoms with Gasteiger partial charge in [0.25, 0.3) is 0 Å². The molecule has 0 aromatic heterocycles. The zero-order valence-corrected chi connectivity index (χ0v) is 25.6. The Morgan fingerprint density at radius 2 is 1.09 bits per heavy atom. The normalized spacial score (nSPS) is 10.7. The van der Waals surface area contributed by atoms with Crippen LogP contribution in [-0.4, -0.2) is 46.1 Å².